The molecule has 0 bridgehead atoms. The van der Waals surface area contributed by atoms with Crippen molar-refractivity contribution in [3.63, 3.8) is 0 Å². The molecule has 8 nitrogen and oxygen atoms in total. The van der Waals surface area contributed by atoms with E-state index < -0.39 is 30.7 Å². The van der Waals surface area contributed by atoms with Crippen LogP contribution in [0.15, 0.2) is 24.4 Å². The van der Waals surface area contributed by atoms with Crippen molar-refractivity contribution in [1.82, 2.24) is 10.4 Å². The Hall–Kier alpha value is -1.58. The molecule has 0 radical (unpaired) electrons. The third kappa shape index (κ3) is 4.89. The minimum absolute atomic E-state index is 0.285. The number of aliphatic hydroxyl groups excluding tert-OH is 4. The summed E-state index contributed by atoms with van der Waals surface area (Å²) < 4.78 is 0. The van der Waals surface area contributed by atoms with Crippen molar-refractivity contribution in [3.05, 3.63) is 24.4 Å². The lowest BCUT2D eigenvalue weighted by Gasteiger charge is -2.20. The van der Waals surface area contributed by atoms with E-state index in [2.05, 4.69) is 15.8 Å². The number of aliphatic hydroxyl groups is 4. The number of carbonyl (C=O) groups excluding carboxylic acids is 1. The number of anilines is 1. The minimum atomic E-state index is -1.78. The molecule has 8 heteroatoms. The van der Waals surface area contributed by atoms with Crippen LogP contribution in [0.2, 0.25) is 0 Å². The van der Waals surface area contributed by atoms with E-state index in [1.54, 1.807) is 24.4 Å². The van der Waals surface area contributed by atoms with Crippen LogP contribution in [-0.4, -0.2) is 62.7 Å². The van der Waals surface area contributed by atoms with Gasteiger partial charge in [0.15, 0.2) is 5.78 Å². The summed E-state index contributed by atoms with van der Waals surface area (Å²) in [6, 6.07) is 5.14. The number of hydrazine groups is 1. The molecule has 1 rings (SSSR count). The smallest absolute Gasteiger partial charge is 0.179 e. The van der Waals surface area contributed by atoms with Gasteiger partial charge >= 0.3 is 0 Å². The Morgan fingerprint density at radius 2 is 2.05 bits per heavy atom. The van der Waals surface area contributed by atoms with Gasteiger partial charge in [0, 0.05) is 6.20 Å². The van der Waals surface area contributed by atoms with Gasteiger partial charge in [-0.3, -0.25) is 4.79 Å². The maximum absolute atomic E-state index is 11.5. The van der Waals surface area contributed by atoms with Crippen molar-refractivity contribution >= 4 is 11.6 Å². The van der Waals surface area contributed by atoms with E-state index in [1.165, 1.54) is 0 Å². The highest BCUT2D eigenvalue weighted by molar-refractivity contribution is 5.85. The van der Waals surface area contributed by atoms with Gasteiger partial charge in [-0.15, -0.1) is 0 Å². The molecule has 3 atom stereocenters. The van der Waals surface area contributed by atoms with Crippen LogP contribution >= 0.6 is 0 Å². The summed E-state index contributed by atoms with van der Waals surface area (Å²) in [7, 11) is 0. The number of carbonyl (C=O) groups is 1. The Morgan fingerprint density at radius 1 is 1.32 bits per heavy atom. The molecule has 0 aliphatic heterocycles. The highest BCUT2D eigenvalue weighted by Gasteiger charge is 2.29. The topological polar surface area (TPSA) is 135 Å². The quantitative estimate of drug-likeness (QED) is 0.289. The summed E-state index contributed by atoms with van der Waals surface area (Å²) in [4.78, 5) is 15.4. The monoisotopic (exact) mass is 271 g/mol. The van der Waals surface area contributed by atoms with Gasteiger partial charge in [0.05, 0.1) is 13.2 Å². The minimum Gasteiger partial charge on any atom is -0.394 e. The molecule has 19 heavy (non-hydrogen) atoms. The first-order valence-corrected chi connectivity index (χ1v) is 5.64. The SMILES string of the molecule is O=C(CNNc1ccccn1)[C@@H](O)[C@H](O)[C@H](O)CO. The number of aromatic nitrogens is 1. The van der Waals surface area contributed by atoms with Crippen LogP contribution in [0.3, 0.4) is 0 Å². The highest BCUT2D eigenvalue weighted by Crippen LogP contribution is 2.01. The summed E-state index contributed by atoms with van der Waals surface area (Å²) in [5.74, 6) is -0.246. The van der Waals surface area contributed by atoms with E-state index in [4.69, 9.17) is 10.2 Å². The van der Waals surface area contributed by atoms with Crippen LogP contribution in [0.1, 0.15) is 0 Å². The Morgan fingerprint density at radius 3 is 2.63 bits per heavy atom. The van der Waals surface area contributed by atoms with E-state index in [0.29, 0.717) is 5.82 Å². The lowest BCUT2D eigenvalue weighted by molar-refractivity contribution is -0.139. The molecular formula is C11H17N3O5. The molecule has 0 amide bonds. The second-order valence-electron chi connectivity index (χ2n) is 3.85. The van der Waals surface area contributed by atoms with Crippen molar-refractivity contribution in [2.75, 3.05) is 18.6 Å². The Bertz CT molecular complexity index is 389. The van der Waals surface area contributed by atoms with Crippen LogP contribution in [0, 0.1) is 0 Å². The molecule has 1 aromatic rings. The van der Waals surface area contributed by atoms with Gasteiger partial charge in [0.25, 0.3) is 0 Å². The number of Topliss-reactive ketones (excluding diaryl/α,β-unsaturated/α-hetero) is 1. The average molecular weight is 271 g/mol. The number of rotatable bonds is 8. The Balaban J connectivity index is 2.35. The van der Waals surface area contributed by atoms with Crippen LogP contribution in [0.25, 0.3) is 0 Å². The van der Waals surface area contributed by atoms with Crippen LogP contribution in [0.5, 0.6) is 0 Å². The highest BCUT2D eigenvalue weighted by atomic mass is 16.4. The van der Waals surface area contributed by atoms with Gasteiger partial charge in [-0.2, -0.15) is 0 Å². The molecular weight excluding hydrogens is 254 g/mol. The zero-order chi connectivity index (χ0) is 14.3. The molecule has 6 N–H and O–H groups in total. The Kier molecular flexibility index (Phi) is 6.33. The van der Waals surface area contributed by atoms with E-state index in [-0.39, 0.29) is 6.54 Å². The van der Waals surface area contributed by atoms with Crippen molar-refractivity contribution in [1.29, 1.82) is 0 Å². The standard InChI is InChI=1S/C11H17N3O5/c15-6-8(17)11(19)10(18)7(16)5-13-14-9-3-1-2-4-12-9/h1-4,8,10-11,13,15,17-19H,5-6H2,(H,12,14)/t8-,10-,11-/m1/s1. The third-order valence-electron chi connectivity index (χ3n) is 2.38. The maximum Gasteiger partial charge on any atom is 0.179 e. The number of hydrogen-bond donors (Lipinski definition) is 6. The zero-order valence-corrected chi connectivity index (χ0v) is 10.1. The molecule has 1 heterocycles. The number of pyridine rings is 1. The molecule has 0 fully saturated rings. The molecule has 0 aliphatic carbocycles. The molecule has 106 valence electrons. The molecule has 0 aliphatic rings. The van der Waals surface area contributed by atoms with Gasteiger partial charge in [-0.1, -0.05) is 6.07 Å². The van der Waals surface area contributed by atoms with Crippen molar-refractivity contribution in [2.45, 2.75) is 18.3 Å². The van der Waals surface area contributed by atoms with E-state index in [9.17, 15) is 15.0 Å². The van der Waals surface area contributed by atoms with Crippen LogP contribution in [-0.2, 0) is 4.79 Å². The summed E-state index contributed by atoms with van der Waals surface area (Å²) in [6.07, 6.45) is -3.51. The number of hydrogen-bond acceptors (Lipinski definition) is 8. The van der Waals surface area contributed by atoms with Gasteiger partial charge < -0.3 is 25.9 Å². The molecule has 0 saturated heterocycles. The average Bonchev–Trinajstić information content (AvgIpc) is 2.45. The second kappa shape index (κ2) is 7.77. The van der Waals surface area contributed by atoms with Gasteiger partial charge in [0.2, 0.25) is 0 Å². The fourth-order valence-electron chi connectivity index (χ4n) is 1.27. The predicted octanol–water partition coefficient (Wildman–Crippen LogP) is -2.36. The first-order chi connectivity index (χ1) is 9.06. The second-order valence-corrected chi connectivity index (χ2v) is 3.85. The first kappa shape index (κ1) is 15.5. The zero-order valence-electron chi connectivity index (χ0n) is 10.1. The summed E-state index contributed by atoms with van der Waals surface area (Å²) in [5.41, 5.74) is 5.14. The van der Waals surface area contributed by atoms with Crippen molar-refractivity contribution in [2.24, 2.45) is 0 Å². The summed E-state index contributed by atoms with van der Waals surface area (Å²) in [5, 5.41) is 36.4. The molecule has 0 saturated carbocycles. The fraction of sp³-hybridized carbons (Fsp3) is 0.455. The van der Waals surface area contributed by atoms with E-state index in [0.717, 1.165) is 0 Å². The molecule has 0 aromatic carbocycles. The van der Waals surface area contributed by atoms with E-state index >= 15 is 0 Å². The largest absolute Gasteiger partial charge is 0.394 e. The summed E-state index contributed by atoms with van der Waals surface area (Å²) >= 11 is 0. The third-order valence-corrected chi connectivity index (χ3v) is 2.38. The number of nitrogens with zero attached hydrogens (tertiary/aromatic N) is 1. The molecule has 0 unspecified atom stereocenters. The fourth-order valence-corrected chi connectivity index (χ4v) is 1.27. The lowest BCUT2D eigenvalue weighted by atomic mass is 10.1. The van der Waals surface area contributed by atoms with Crippen LogP contribution < -0.4 is 10.9 Å². The molecule has 1 aromatic heterocycles. The summed E-state index contributed by atoms with van der Waals surface area (Å²) in [6.45, 7) is -1.03. The Labute approximate surface area is 109 Å². The van der Waals surface area contributed by atoms with E-state index in [1.807, 2.05) is 0 Å². The van der Waals surface area contributed by atoms with Gasteiger partial charge in [-0.25, -0.2) is 10.4 Å². The number of ketones is 1. The normalized spacial score (nSPS) is 15.6. The number of nitrogens with one attached hydrogen (secondary N) is 2. The molecule has 0 spiro atoms. The van der Waals surface area contributed by atoms with Crippen molar-refractivity contribution in [3.8, 4) is 0 Å². The van der Waals surface area contributed by atoms with Crippen LogP contribution in [0.4, 0.5) is 5.82 Å². The van der Waals surface area contributed by atoms with Gasteiger partial charge in [0.1, 0.15) is 24.1 Å². The lowest BCUT2D eigenvalue weighted by Crippen LogP contribution is -2.47. The maximum atomic E-state index is 11.5. The predicted molar refractivity (Wildman–Crippen MR) is 66.0 cm³/mol. The van der Waals surface area contributed by atoms with Crippen molar-refractivity contribution < 1.29 is 25.2 Å². The van der Waals surface area contributed by atoms with Gasteiger partial charge in [-0.05, 0) is 12.1 Å². The first-order valence-electron chi connectivity index (χ1n) is 5.64.